The van der Waals surface area contributed by atoms with E-state index in [9.17, 15) is 4.79 Å². The minimum atomic E-state index is -0.504. The molecule has 0 fully saturated rings. The number of esters is 1. The van der Waals surface area contributed by atoms with Gasteiger partial charge in [-0.15, -0.1) is 5.10 Å². The Morgan fingerprint density at radius 1 is 1.44 bits per heavy atom. The lowest BCUT2D eigenvalue weighted by Gasteiger charge is -2.00. The van der Waals surface area contributed by atoms with Gasteiger partial charge < -0.3 is 9.47 Å². The predicted molar refractivity (Wildman–Crippen MR) is 67.4 cm³/mol. The van der Waals surface area contributed by atoms with Crippen molar-refractivity contribution in [2.75, 3.05) is 6.61 Å². The fourth-order valence-electron chi connectivity index (χ4n) is 1.16. The molecule has 18 heavy (non-hydrogen) atoms. The smallest absolute Gasteiger partial charge is 0.369 e. The van der Waals surface area contributed by atoms with Crippen molar-refractivity contribution in [3.8, 4) is 10.9 Å². The van der Waals surface area contributed by atoms with Gasteiger partial charge in [-0.25, -0.2) is 4.79 Å². The second-order valence-corrected chi connectivity index (χ2v) is 4.53. The van der Waals surface area contributed by atoms with Gasteiger partial charge in [0.05, 0.1) is 6.61 Å². The Morgan fingerprint density at radius 2 is 2.28 bits per heavy atom. The van der Waals surface area contributed by atoms with E-state index in [0.29, 0.717) is 17.4 Å². The van der Waals surface area contributed by atoms with Crippen molar-refractivity contribution < 1.29 is 14.3 Å². The molecule has 1 aromatic heterocycles. The first-order valence-electron chi connectivity index (χ1n) is 5.13. The van der Waals surface area contributed by atoms with Crippen molar-refractivity contribution in [3.05, 3.63) is 34.3 Å². The van der Waals surface area contributed by atoms with E-state index in [2.05, 4.69) is 10.2 Å². The predicted octanol–water partition coefficient (Wildman–Crippen LogP) is 3.16. The molecule has 0 atom stereocenters. The third kappa shape index (κ3) is 3.18. The van der Waals surface area contributed by atoms with Crippen LogP contribution < -0.4 is 4.74 Å². The highest BCUT2D eigenvalue weighted by atomic mass is 35.5. The molecule has 5 nitrogen and oxygen atoms in total. The summed E-state index contributed by atoms with van der Waals surface area (Å²) in [5.74, 6) is 0.0324. The molecule has 0 saturated carbocycles. The number of hydrogen-bond acceptors (Lipinski definition) is 6. The zero-order valence-electron chi connectivity index (χ0n) is 9.42. The van der Waals surface area contributed by atoms with E-state index < -0.39 is 5.97 Å². The zero-order chi connectivity index (χ0) is 13.0. The normalized spacial score (nSPS) is 10.1. The van der Waals surface area contributed by atoms with Gasteiger partial charge in [-0.2, -0.15) is 0 Å². The van der Waals surface area contributed by atoms with Crippen molar-refractivity contribution in [2.45, 2.75) is 6.92 Å². The lowest BCUT2D eigenvalue weighted by molar-refractivity contribution is 0.0525. The van der Waals surface area contributed by atoms with Crippen LogP contribution in [0.3, 0.4) is 0 Å². The van der Waals surface area contributed by atoms with E-state index in [4.69, 9.17) is 21.1 Å². The van der Waals surface area contributed by atoms with Crippen molar-refractivity contribution in [3.63, 3.8) is 0 Å². The van der Waals surface area contributed by atoms with Gasteiger partial charge in [-0.1, -0.05) is 22.8 Å². The number of rotatable bonds is 4. The van der Waals surface area contributed by atoms with Crippen molar-refractivity contribution in [1.29, 1.82) is 0 Å². The van der Waals surface area contributed by atoms with Gasteiger partial charge in [0.25, 0.3) is 5.19 Å². The van der Waals surface area contributed by atoms with Gasteiger partial charge in [-0.3, -0.25) is 0 Å². The molecular formula is C11H9ClN2O3S. The average molecular weight is 285 g/mol. The SMILES string of the molecule is CCOC(=O)c1nnc(Oc2cccc(Cl)c2)s1. The van der Waals surface area contributed by atoms with Gasteiger partial charge in [0.2, 0.25) is 5.01 Å². The first-order valence-corrected chi connectivity index (χ1v) is 6.32. The van der Waals surface area contributed by atoms with Crippen LogP contribution in [0.1, 0.15) is 16.7 Å². The quantitative estimate of drug-likeness (QED) is 0.807. The Labute approximate surface area is 112 Å². The molecule has 0 radical (unpaired) electrons. The summed E-state index contributed by atoms with van der Waals surface area (Å²) in [6.45, 7) is 2.02. The first-order chi connectivity index (χ1) is 8.69. The molecule has 0 unspecified atom stereocenters. The molecule has 0 aliphatic heterocycles. The summed E-state index contributed by atoms with van der Waals surface area (Å²) in [5, 5.41) is 8.42. The summed E-state index contributed by atoms with van der Waals surface area (Å²) < 4.78 is 10.2. The number of hydrogen-bond donors (Lipinski definition) is 0. The third-order valence-corrected chi connectivity index (χ3v) is 2.87. The Morgan fingerprint density at radius 3 is 3.00 bits per heavy atom. The van der Waals surface area contributed by atoms with Crippen LogP contribution in [0.4, 0.5) is 0 Å². The summed E-state index contributed by atoms with van der Waals surface area (Å²) in [6.07, 6.45) is 0. The summed E-state index contributed by atoms with van der Waals surface area (Å²) in [5.41, 5.74) is 0. The zero-order valence-corrected chi connectivity index (χ0v) is 11.0. The van der Waals surface area contributed by atoms with Gasteiger partial charge in [0.1, 0.15) is 5.75 Å². The number of carbonyl (C=O) groups excluding carboxylic acids is 1. The maximum absolute atomic E-state index is 11.4. The van der Waals surface area contributed by atoms with Crippen LogP contribution in [0, 0.1) is 0 Å². The third-order valence-electron chi connectivity index (χ3n) is 1.86. The summed E-state index contributed by atoms with van der Waals surface area (Å²) in [6, 6.07) is 6.87. The molecule has 2 rings (SSSR count). The maximum Gasteiger partial charge on any atom is 0.369 e. The van der Waals surface area contributed by atoms with E-state index in [1.165, 1.54) is 0 Å². The van der Waals surface area contributed by atoms with Crippen LogP contribution in [-0.2, 0) is 4.74 Å². The van der Waals surface area contributed by atoms with Crippen molar-refractivity contribution >= 4 is 28.9 Å². The minimum Gasteiger partial charge on any atom is -0.461 e. The Balaban J connectivity index is 2.09. The fraction of sp³-hybridized carbons (Fsp3) is 0.182. The van der Waals surface area contributed by atoms with Crippen LogP contribution in [-0.4, -0.2) is 22.8 Å². The Kier molecular flexibility index (Phi) is 4.11. The number of ether oxygens (including phenoxy) is 2. The fourth-order valence-corrected chi connectivity index (χ4v) is 1.95. The summed E-state index contributed by atoms with van der Waals surface area (Å²) in [7, 11) is 0. The van der Waals surface area contributed by atoms with Gasteiger partial charge in [0, 0.05) is 5.02 Å². The second-order valence-electron chi connectivity index (χ2n) is 3.15. The van der Waals surface area contributed by atoms with Crippen LogP contribution in [0.15, 0.2) is 24.3 Å². The highest BCUT2D eigenvalue weighted by Crippen LogP contribution is 2.26. The first kappa shape index (κ1) is 12.8. The number of aromatic nitrogens is 2. The molecule has 2 aromatic rings. The summed E-state index contributed by atoms with van der Waals surface area (Å²) >= 11 is 6.84. The molecule has 94 valence electrons. The van der Waals surface area contributed by atoms with E-state index in [1.807, 2.05) is 0 Å². The lowest BCUT2D eigenvalue weighted by Crippen LogP contribution is -2.03. The lowest BCUT2D eigenvalue weighted by atomic mass is 10.3. The van der Waals surface area contributed by atoms with E-state index in [1.54, 1.807) is 31.2 Å². The molecule has 0 amide bonds. The monoisotopic (exact) mass is 284 g/mol. The number of benzene rings is 1. The minimum absolute atomic E-state index is 0.161. The van der Waals surface area contributed by atoms with Gasteiger partial charge in [-0.05, 0) is 36.5 Å². The molecule has 0 spiro atoms. The average Bonchev–Trinajstić information content (AvgIpc) is 2.78. The van der Waals surface area contributed by atoms with Crippen LogP contribution in [0.5, 0.6) is 10.9 Å². The van der Waals surface area contributed by atoms with Gasteiger partial charge >= 0.3 is 5.97 Å². The molecule has 0 bridgehead atoms. The highest BCUT2D eigenvalue weighted by Gasteiger charge is 2.14. The molecule has 0 saturated heterocycles. The number of nitrogens with zero attached hydrogens (tertiary/aromatic N) is 2. The van der Waals surface area contributed by atoms with E-state index >= 15 is 0 Å². The second kappa shape index (κ2) is 5.79. The van der Waals surface area contributed by atoms with E-state index in [-0.39, 0.29) is 10.2 Å². The van der Waals surface area contributed by atoms with E-state index in [0.717, 1.165) is 11.3 Å². The van der Waals surface area contributed by atoms with Crippen LogP contribution in [0.2, 0.25) is 5.02 Å². The van der Waals surface area contributed by atoms with Crippen LogP contribution in [0.25, 0.3) is 0 Å². The molecular weight excluding hydrogens is 276 g/mol. The molecule has 1 aromatic carbocycles. The summed E-state index contributed by atoms with van der Waals surface area (Å²) in [4.78, 5) is 11.4. The maximum atomic E-state index is 11.4. The molecule has 0 N–H and O–H groups in total. The van der Waals surface area contributed by atoms with Gasteiger partial charge in [0.15, 0.2) is 0 Å². The van der Waals surface area contributed by atoms with Crippen molar-refractivity contribution in [1.82, 2.24) is 10.2 Å². The highest BCUT2D eigenvalue weighted by molar-refractivity contribution is 7.14. The standard InChI is InChI=1S/C11H9ClN2O3S/c1-2-16-10(15)9-13-14-11(18-9)17-8-5-3-4-7(12)6-8/h3-6H,2H2,1H3. The molecule has 7 heteroatoms. The Bertz CT molecular complexity index is 559. The largest absolute Gasteiger partial charge is 0.461 e. The molecule has 0 aliphatic carbocycles. The number of halogens is 1. The molecule has 0 aliphatic rings. The molecule has 1 heterocycles. The Hall–Kier alpha value is -1.66. The van der Waals surface area contributed by atoms with Crippen molar-refractivity contribution in [2.24, 2.45) is 0 Å². The number of carbonyl (C=O) groups is 1. The van der Waals surface area contributed by atoms with Crippen LogP contribution >= 0.6 is 22.9 Å². The topological polar surface area (TPSA) is 61.3 Å².